The van der Waals surface area contributed by atoms with Crippen LogP contribution in [-0.2, 0) is 22.6 Å². The molecule has 0 radical (unpaired) electrons. The minimum atomic E-state index is -1.32. The van der Waals surface area contributed by atoms with Gasteiger partial charge in [-0.05, 0) is 43.7 Å². The van der Waals surface area contributed by atoms with Crippen molar-refractivity contribution in [2.24, 2.45) is 5.92 Å². The average molecular weight is 419 g/mol. The minimum Gasteiger partial charge on any atom is -0.496 e. The van der Waals surface area contributed by atoms with E-state index in [0.717, 1.165) is 35.6 Å². The fraction of sp³-hybridized carbons (Fsp3) is 0.545. The molecule has 0 aromatic heterocycles. The van der Waals surface area contributed by atoms with Gasteiger partial charge in [0.05, 0.1) is 13.7 Å². The van der Waals surface area contributed by atoms with Gasteiger partial charge >= 0.3 is 11.9 Å². The fourth-order valence-electron chi connectivity index (χ4n) is 3.66. The first kappa shape index (κ1) is 21.4. The van der Waals surface area contributed by atoms with Crippen LogP contribution in [0, 0.1) is 12.8 Å². The second-order valence-corrected chi connectivity index (χ2v) is 14.6. The van der Waals surface area contributed by atoms with Gasteiger partial charge in [-0.1, -0.05) is 25.7 Å². The molecule has 0 saturated heterocycles. The number of carboxylic acids is 1. The summed E-state index contributed by atoms with van der Waals surface area (Å²) in [4.78, 5) is 24.1. The van der Waals surface area contributed by atoms with Gasteiger partial charge in [0.25, 0.3) is 0 Å². The molecule has 0 atom stereocenters. The summed E-state index contributed by atoms with van der Waals surface area (Å²) in [7, 11) is 0.264. The van der Waals surface area contributed by atoms with Crippen molar-refractivity contribution in [2.75, 3.05) is 13.7 Å². The van der Waals surface area contributed by atoms with Gasteiger partial charge in [0.2, 0.25) is 0 Å². The first-order chi connectivity index (χ1) is 13.6. The smallest absolute Gasteiger partial charge is 0.342 e. The van der Waals surface area contributed by atoms with E-state index in [2.05, 4.69) is 19.6 Å². The number of rotatable bonds is 9. The molecule has 1 N–H and O–H groups in total. The molecule has 158 valence electrons. The van der Waals surface area contributed by atoms with E-state index in [0.29, 0.717) is 35.7 Å². The van der Waals surface area contributed by atoms with Crippen molar-refractivity contribution in [1.29, 1.82) is 0 Å². The number of fused-ring (bicyclic) bond motifs is 1. The molecule has 2 aliphatic rings. The van der Waals surface area contributed by atoms with Crippen molar-refractivity contribution < 1.29 is 28.9 Å². The number of ether oxygens (including phenoxy) is 3. The number of cyclic esters (lactones) is 1. The monoisotopic (exact) mass is 418 g/mol. The Labute approximate surface area is 172 Å². The van der Waals surface area contributed by atoms with Gasteiger partial charge in [-0.3, -0.25) is 0 Å². The maximum Gasteiger partial charge on any atom is 0.342 e. The Morgan fingerprint density at radius 2 is 1.97 bits per heavy atom. The lowest BCUT2D eigenvalue weighted by atomic mass is 9.94. The summed E-state index contributed by atoms with van der Waals surface area (Å²) in [6, 6.07) is 0.949. The Balaban J connectivity index is 2.05. The molecule has 0 bridgehead atoms. The Morgan fingerprint density at radius 3 is 2.52 bits per heavy atom. The molecule has 1 aromatic rings. The molecule has 1 aliphatic carbocycles. The number of carbonyl (C=O) groups is 2. The number of hydrogen-bond donors (Lipinski definition) is 1. The predicted octanol–water partition coefficient (Wildman–Crippen LogP) is 4.35. The summed E-state index contributed by atoms with van der Waals surface area (Å²) in [5.41, 5.74) is 3.25. The zero-order valence-corrected chi connectivity index (χ0v) is 18.9. The van der Waals surface area contributed by atoms with Crippen LogP contribution in [-0.4, -0.2) is 38.8 Å². The van der Waals surface area contributed by atoms with E-state index in [9.17, 15) is 14.7 Å². The molecular weight excluding hydrogens is 388 g/mol. The van der Waals surface area contributed by atoms with Crippen LogP contribution in [0.5, 0.6) is 11.5 Å². The summed E-state index contributed by atoms with van der Waals surface area (Å²) < 4.78 is 17.1. The first-order valence-electron chi connectivity index (χ1n) is 10.1. The Bertz CT molecular complexity index is 861. The number of hydrogen-bond acceptors (Lipinski definition) is 5. The molecule has 1 aliphatic heterocycles. The van der Waals surface area contributed by atoms with Crippen LogP contribution >= 0.6 is 0 Å². The van der Waals surface area contributed by atoms with Crippen LogP contribution in [0.1, 0.15) is 39.9 Å². The van der Waals surface area contributed by atoms with E-state index in [1.54, 1.807) is 13.2 Å². The van der Waals surface area contributed by atoms with Gasteiger partial charge in [-0.25, -0.2) is 9.59 Å². The normalized spacial score (nSPS) is 16.4. The maximum atomic E-state index is 12.5. The van der Waals surface area contributed by atoms with Crippen molar-refractivity contribution in [1.82, 2.24) is 0 Å². The van der Waals surface area contributed by atoms with Crippen molar-refractivity contribution in [3.8, 4) is 11.5 Å². The maximum absolute atomic E-state index is 12.5. The van der Waals surface area contributed by atoms with Crippen molar-refractivity contribution in [2.45, 2.75) is 58.5 Å². The van der Waals surface area contributed by atoms with Crippen molar-refractivity contribution in [3.05, 3.63) is 33.9 Å². The highest BCUT2D eigenvalue weighted by molar-refractivity contribution is 6.76. The highest BCUT2D eigenvalue weighted by Gasteiger charge is 2.34. The van der Waals surface area contributed by atoms with Gasteiger partial charge in [0.1, 0.15) is 23.7 Å². The number of esters is 1. The Hall–Kier alpha value is -2.28. The fourth-order valence-corrected chi connectivity index (χ4v) is 4.38. The van der Waals surface area contributed by atoms with Gasteiger partial charge in [-0.2, -0.15) is 0 Å². The lowest BCUT2D eigenvalue weighted by Gasteiger charge is -2.21. The number of aliphatic carboxylic acids is 1. The highest BCUT2D eigenvalue weighted by Crippen LogP contribution is 2.44. The summed E-state index contributed by atoms with van der Waals surface area (Å²) in [5.74, 6) is -0.0262. The van der Waals surface area contributed by atoms with E-state index in [1.165, 1.54) is 0 Å². The molecule has 0 amide bonds. The summed E-state index contributed by atoms with van der Waals surface area (Å²) in [6.07, 6.45) is 3.90. The van der Waals surface area contributed by atoms with Gasteiger partial charge in [-0.15, -0.1) is 0 Å². The van der Waals surface area contributed by atoms with Crippen LogP contribution < -0.4 is 9.47 Å². The molecule has 7 heteroatoms. The molecule has 0 spiro atoms. The quantitative estimate of drug-likeness (QED) is 0.365. The first-order valence-corrected chi connectivity index (χ1v) is 13.8. The largest absolute Gasteiger partial charge is 0.496 e. The molecule has 1 aromatic carbocycles. The van der Waals surface area contributed by atoms with Crippen LogP contribution in [0.2, 0.25) is 25.7 Å². The Kier molecular flexibility index (Phi) is 6.07. The zero-order valence-electron chi connectivity index (χ0n) is 17.9. The second-order valence-electron chi connectivity index (χ2n) is 9.00. The molecular formula is C22H30O6Si. The topological polar surface area (TPSA) is 82.1 Å². The van der Waals surface area contributed by atoms with E-state index < -0.39 is 14.0 Å². The molecule has 1 fully saturated rings. The second kappa shape index (κ2) is 8.22. The molecule has 29 heavy (non-hydrogen) atoms. The highest BCUT2D eigenvalue weighted by atomic mass is 28.3. The van der Waals surface area contributed by atoms with E-state index in [1.807, 2.05) is 6.92 Å². The van der Waals surface area contributed by atoms with Crippen LogP contribution in [0.15, 0.2) is 11.6 Å². The number of carbonyl (C=O) groups excluding carboxylic acids is 1. The number of carboxylic acid groups (broad SMARTS) is 1. The van der Waals surface area contributed by atoms with Gasteiger partial charge in [0, 0.05) is 24.8 Å². The van der Waals surface area contributed by atoms with E-state index >= 15 is 0 Å². The van der Waals surface area contributed by atoms with Crippen LogP contribution in [0.3, 0.4) is 0 Å². The molecule has 1 heterocycles. The third kappa shape index (κ3) is 4.66. The van der Waals surface area contributed by atoms with Crippen molar-refractivity contribution >= 4 is 20.0 Å². The summed E-state index contributed by atoms with van der Waals surface area (Å²) in [6.45, 7) is 9.42. The standard InChI is InChI=1S/C22H30O6Si/c1-13-17-12-28-22(25)18(17)20(27-10-11-29(3,4)5)16(19(13)26-2)9-8-15(21(23)24)14-6-7-14/h8,14H,6-7,9-12H2,1-5H3,(H,23,24). The predicted molar refractivity (Wildman–Crippen MR) is 113 cm³/mol. The average Bonchev–Trinajstić information content (AvgIpc) is 3.38. The number of allylic oxidation sites excluding steroid dienone is 1. The van der Waals surface area contributed by atoms with Crippen LogP contribution in [0.25, 0.3) is 0 Å². The molecule has 1 saturated carbocycles. The third-order valence-electron chi connectivity index (χ3n) is 5.51. The lowest BCUT2D eigenvalue weighted by molar-refractivity contribution is -0.133. The van der Waals surface area contributed by atoms with E-state index in [-0.39, 0.29) is 18.5 Å². The lowest BCUT2D eigenvalue weighted by Crippen LogP contribution is -2.23. The summed E-state index contributed by atoms with van der Waals surface area (Å²) in [5, 5.41) is 9.54. The molecule has 3 rings (SSSR count). The number of methoxy groups -OCH3 is 1. The molecule has 0 unspecified atom stereocenters. The molecule has 6 nitrogen and oxygen atoms in total. The summed E-state index contributed by atoms with van der Waals surface area (Å²) >= 11 is 0. The zero-order chi connectivity index (χ0) is 21.3. The minimum absolute atomic E-state index is 0.121. The third-order valence-corrected chi connectivity index (χ3v) is 7.22. The van der Waals surface area contributed by atoms with Crippen LogP contribution in [0.4, 0.5) is 0 Å². The van der Waals surface area contributed by atoms with Crippen molar-refractivity contribution in [3.63, 3.8) is 0 Å². The SMILES string of the molecule is COc1c(C)c2c(c(OCC[Si](C)(C)C)c1CC=C(C(=O)O)C1CC1)C(=O)OC2. The number of benzene rings is 1. The van der Waals surface area contributed by atoms with Gasteiger partial charge in [0.15, 0.2) is 0 Å². The van der Waals surface area contributed by atoms with Gasteiger partial charge < -0.3 is 19.3 Å². The van der Waals surface area contributed by atoms with E-state index in [4.69, 9.17) is 14.2 Å². The Morgan fingerprint density at radius 1 is 1.28 bits per heavy atom.